The van der Waals surface area contributed by atoms with E-state index in [1.807, 2.05) is 78.8 Å². The molecule has 0 saturated heterocycles. The third-order valence-corrected chi connectivity index (χ3v) is 7.77. The summed E-state index contributed by atoms with van der Waals surface area (Å²) in [5, 5.41) is 30.3. The minimum Gasteiger partial charge on any atom is -0.481 e. The van der Waals surface area contributed by atoms with Gasteiger partial charge in [0.2, 0.25) is 0 Å². The van der Waals surface area contributed by atoms with E-state index in [-0.39, 0.29) is 6.42 Å². The molecule has 0 saturated carbocycles. The van der Waals surface area contributed by atoms with Gasteiger partial charge in [-0.05, 0) is 48.5 Å². The van der Waals surface area contributed by atoms with E-state index in [4.69, 9.17) is 0 Å². The van der Waals surface area contributed by atoms with Crippen molar-refractivity contribution in [3.63, 3.8) is 0 Å². The highest BCUT2D eigenvalue weighted by atomic mass is 16.4. The van der Waals surface area contributed by atoms with Gasteiger partial charge in [0, 0.05) is 0 Å². The second-order valence-corrected chi connectivity index (χ2v) is 11.9. The van der Waals surface area contributed by atoms with Gasteiger partial charge < -0.3 is 15.3 Å². The fourth-order valence-electron chi connectivity index (χ4n) is 5.01. The first kappa shape index (κ1) is 29.7. The van der Waals surface area contributed by atoms with Gasteiger partial charge in [-0.25, -0.2) is 0 Å². The van der Waals surface area contributed by atoms with Crippen molar-refractivity contribution in [3.05, 3.63) is 35.9 Å². The fourth-order valence-corrected chi connectivity index (χ4v) is 5.01. The van der Waals surface area contributed by atoms with Crippen LogP contribution in [0.15, 0.2) is 30.3 Å². The molecule has 34 heavy (non-hydrogen) atoms. The number of carboxylic acids is 3. The zero-order valence-electron chi connectivity index (χ0n) is 22.0. The molecule has 0 aliphatic heterocycles. The lowest BCUT2D eigenvalue weighted by Crippen LogP contribution is -2.47. The van der Waals surface area contributed by atoms with E-state index in [0.29, 0.717) is 38.5 Å². The molecule has 0 amide bonds. The zero-order valence-corrected chi connectivity index (χ0v) is 22.0. The molecule has 1 aromatic rings. The Bertz CT molecular complexity index is 833. The van der Waals surface area contributed by atoms with E-state index in [2.05, 4.69) is 0 Å². The number of rotatable bonds is 13. The summed E-state index contributed by atoms with van der Waals surface area (Å²) in [4.78, 5) is 37.0. The number of hydrogen-bond acceptors (Lipinski definition) is 3. The van der Waals surface area contributed by atoms with Crippen molar-refractivity contribution < 1.29 is 29.7 Å². The van der Waals surface area contributed by atoms with Gasteiger partial charge in [0.15, 0.2) is 0 Å². The lowest BCUT2D eigenvalue weighted by atomic mass is 9.57. The van der Waals surface area contributed by atoms with Crippen molar-refractivity contribution in [1.29, 1.82) is 0 Å². The Kier molecular flexibility index (Phi) is 9.92. The molecule has 6 heteroatoms. The average Bonchev–Trinajstić information content (AvgIpc) is 2.70. The van der Waals surface area contributed by atoms with Crippen molar-refractivity contribution in [1.82, 2.24) is 0 Å². The van der Waals surface area contributed by atoms with Gasteiger partial charge in [-0.2, -0.15) is 0 Å². The van der Waals surface area contributed by atoms with Gasteiger partial charge in [-0.15, -0.1) is 0 Å². The predicted molar refractivity (Wildman–Crippen MR) is 134 cm³/mol. The Balaban J connectivity index is 3.13. The molecule has 1 aromatic carbocycles. The molecule has 192 valence electrons. The standard InChI is InChI=1S/C28H44O6/c1-8-27(23(31)32,18-20-14-10-9-11-15-20)16-12-13-17-28(24(33)34,26(5,6)7)19-21(22(29)30)25(2,3)4/h9-11,14-15,21H,8,12-13,16-19H2,1-7H3,(H,29,30)(H,31,32)(H,33,34). The minimum atomic E-state index is -1.24. The fraction of sp³-hybridized carbons (Fsp3) is 0.679. The molecule has 3 N–H and O–H groups in total. The monoisotopic (exact) mass is 476 g/mol. The number of hydrogen-bond donors (Lipinski definition) is 3. The van der Waals surface area contributed by atoms with Crippen LogP contribution in [-0.4, -0.2) is 33.2 Å². The molecule has 0 aliphatic rings. The molecule has 1 rings (SSSR count). The van der Waals surface area contributed by atoms with Gasteiger partial charge in [0.05, 0.1) is 16.7 Å². The maximum Gasteiger partial charge on any atom is 0.310 e. The smallest absolute Gasteiger partial charge is 0.310 e. The van der Waals surface area contributed by atoms with Gasteiger partial charge in [-0.3, -0.25) is 14.4 Å². The van der Waals surface area contributed by atoms with Gasteiger partial charge in [0.25, 0.3) is 0 Å². The Morgan fingerprint density at radius 2 is 1.35 bits per heavy atom. The number of carboxylic acid groups (broad SMARTS) is 3. The molecule has 0 radical (unpaired) electrons. The first-order valence-electron chi connectivity index (χ1n) is 12.3. The van der Waals surface area contributed by atoms with Crippen LogP contribution in [-0.2, 0) is 20.8 Å². The third kappa shape index (κ3) is 7.07. The van der Waals surface area contributed by atoms with Crippen LogP contribution in [0, 0.1) is 27.6 Å². The number of benzene rings is 1. The summed E-state index contributed by atoms with van der Waals surface area (Å²) in [5.74, 6) is -3.62. The largest absolute Gasteiger partial charge is 0.481 e. The predicted octanol–water partition coefficient (Wildman–Crippen LogP) is 6.52. The molecular formula is C28H44O6. The zero-order chi connectivity index (χ0) is 26.4. The summed E-state index contributed by atoms with van der Waals surface area (Å²) in [5.41, 5.74) is -2.44. The number of unbranched alkanes of at least 4 members (excludes halogenated alkanes) is 1. The Morgan fingerprint density at radius 1 is 0.824 bits per heavy atom. The van der Waals surface area contributed by atoms with Crippen molar-refractivity contribution in [2.24, 2.45) is 27.6 Å². The van der Waals surface area contributed by atoms with Crippen molar-refractivity contribution in [3.8, 4) is 0 Å². The van der Waals surface area contributed by atoms with Gasteiger partial charge >= 0.3 is 17.9 Å². The van der Waals surface area contributed by atoms with Crippen molar-refractivity contribution in [2.75, 3.05) is 0 Å². The molecule has 0 aliphatic carbocycles. The lowest BCUT2D eigenvalue weighted by molar-refractivity contribution is -0.164. The highest BCUT2D eigenvalue weighted by molar-refractivity contribution is 5.78. The first-order chi connectivity index (χ1) is 15.5. The molecule has 0 heterocycles. The molecular weight excluding hydrogens is 432 g/mol. The topological polar surface area (TPSA) is 112 Å². The summed E-state index contributed by atoms with van der Waals surface area (Å²) in [6.07, 6.45) is 2.76. The highest BCUT2D eigenvalue weighted by Gasteiger charge is 2.52. The van der Waals surface area contributed by atoms with E-state index in [0.717, 1.165) is 5.56 Å². The molecule has 6 nitrogen and oxygen atoms in total. The van der Waals surface area contributed by atoms with E-state index in [9.17, 15) is 29.7 Å². The minimum absolute atomic E-state index is 0.0343. The Hall–Kier alpha value is -2.37. The average molecular weight is 477 g/mol. The number of carbonyl (C=O) groups is 3. The third-order valence-electron chi connectivity index (χ3n) is 7.77. The van der Waals surface area contributed by atoms with Crippen LogP contribution in [0.25, 0.3) is 0 Å². The molecule has 0 spiro atoms. The normalized spacial score (nSPS) is 16.8. The lowest BCUT2D eigenvalue weighted by Gasteiger charge is -2.45. The van der Waals surface area contributed by atoms with E-state index in [1.54, 1.807) is 0 Å². The van der Waals surface area contributed by atoms with Crippen molar-refractivity contribution >= 4 is 17.9 Å². The van der Waals surface area contributed by atoms with Crippen LogP contribution >= 0.6 is 0 Å². The van der Waals surface area contributed by atoms with E-state index < -0.39 is 45.5 Å². The van der Waals surface area contributed by atoms with Crippen LogP contribution in [0.2, 0.25) is 0 Å². The molecule has 0 bridgehead atoms. The summed E-state index contributed by atoms with van der Waals surface area (Å²) in [6.45, 7) is 12.9. The van der Waals surface area contributed by atoms with Crippen LogP contribution < -0.4 is 0 Å². The number of aliphatic carboxylic acids is 3. The molecule has 3 atom stereocenters. The Labute approximate surface area is 204 Å². The van der Waals surface area contributed by atoms with Crippen LogP contribution in [0.3, 0.4) is 0 Å². The van der Waals surface area contributed by atoms with E-state index in [1.165, 1.54) is 0 Å². The second kappa shape index (κ2) is 11.4. The van der Waals surface area contributed by atoms with E-state index >= 15 is 0 Å². The van der Waals surface area contributed by atoms with Crippen LogP contribution in [0.5, 0.6) is 0 Å². The molecule has 0 fully saturated rings. The first-order valence-corrected chi connectivity index (χ1v) is 12.3. The quantitative estimate of drug-likeness (QED) is 0.279. The van der Waals surface area contributed by atoms with Gasteiger partial charge in [-0.1, -0.05) is 91.6 Å². The van der Waals surface area contributed by atoms with Gasteiger partial charge in [0.1, 0.15) is 0 Å². The summed E-state index contributed by atoms with van der Waals surface area (Å²) in [7, 11) is 0. The van der Waals surface area contributed by atoms with Crippen LogP contribution in [0.1, 0.15) is 92.6 Å². The Morgan fingerprint density at radius 3 is 1.74 bits per heavy atom. The van der Waals surface area contributed by atoms with Crippen molar-refractivity contribution in [2.45, 2.75) is 93.4 Å². The highest BCUT2D eigenvalue weighted by Crippen LogP contribution is 2.51. The second-order valence-electron chi connectivity index (χ2n) is 11.9. The summed E-state index contributed by atoms with van der Waals surface area (Å²) >= 11 is 0. The maximum absolute atomic E-state index is 12.7. The maximum atomic E-state index is 12.7. The summed E-state index contributed by atoms with van der Waals surface area (Å²) < 4.78 is 0. The summed E-state index contributed by atoms with van der Waals surface area (Å²) in [6, 6.07) is 9.56. The van der Waals surface area contributed by atoms with Crippen LogP contribution in [0.4, 0.5) is 0 Å². The SMILES string of the molecule is CCC(CCCCC(CC(C(=O)O)C(C)(C)C)(C(=O)O)C(C)(C)C)(Cc1ccccc1)C(=O)O. The molecule has 0 aromatic heterocycles. The molecule has 3 unspecified atom stereocenters.